The molecule has 0 saturated carbocycles. The number of amides is 1. The summed E-state index contributed by atoms with van der Waals surface area (Å²) in [5.74, 6) is -1.52. The zero-order valence-electron chi connectivity index (χ0n) is 15.0. The van der Waals surface area contributed by atoms with Crippen molar-refractivity contribution in [2.24, 2.45) is 0 Å². The van der Waals surface area contributed by atoms with E-state index in [0.717, 1.165) is 6.08 Å². The SMILES string of the molecule is CCOC(=O)C(NC(=O)C=Cc1cc(Cl)c2c(c1)OCCO2)C(=O)OCC. The highest BCUT2D eigenvalue weighted by molar-refractivity contribution is 6.32. The van der Waals surface area contributed by atoms with Crippen LogP contribution in [-0.2, 0) is 23.9 Å². The fraction of sp³-hybridized carbons (Fsp3) is 0.389. The Kier molecular flexibility index (Phi) is 7.48. The van der Waals surface area contributed by atoms with Crippen LogP contribution in [0.3, 0.4) is 0 Å². The van der Waals surface area contributed by atoms with E-state index in [2.05, 4.69) is 5.32 Å². The second-order valence-electron chi connectivity index (χ2n) is 5.31. The average Bonchev–Trinajstić information content (AvgIpc) is 2.65. The van der Waals surface area contributed by atoms with Crippen molar-refractivity contribution in [2.45, 2.75) is 19.9 Å². The summed E-state index contributed by atoms with van der Waals surface area (Å²) in [4.78, 5) is 35.8. The molecular weight excluding hydrogens is 378 g/mol. The number of ether oxygens (including phenoxy) is 4. The molecule has 0 bridgehead atoms. The average molecular weight is 398 g/mol. The Hall–Kier alpha value is -2.74. The zero-order valence-corrected chi connectivity index (χ0v) is 15.7. The fourth-order valence-electron chi connectivity index (χ4n) is 2.25. The number of carbonyl (C=O) groups is 3. The maximum absolute atomic E-state index is 12.1. The highest BCUT2D eigenvalue weighted by atomic mass is 35.5. The van der Waals surface area contributed by atoms with Gasteiger partial charge in [-0.1, -0.05) is 11.6 Å². The number of nitrogens with one attached hydrogen (secondary N) is 1. The highest BCUT2D eigenvalue weighted by Gasteiger charge is 2.30. The molecule has 1 aromatic rings. The largest absolute Gasteiger partial charge is 0.486 e. The molecule has 0 radical (unpaired) electrons. The molecule has 146 valence electrons. The third kappa shape index (κ3) is 5.62. The molecule has 9 heteroatoms. The predicted octanol–water partition coefficient (Wildman–Crippen LogP) is 1.74. The van der Waals surface area contributed by atoms with Crippen molar-refractivity contribution in [3.05, 3.63) is 28.8 Å². The number of rotatable bonds is 7. The summed E-state index contributed by atoms with van der Waals surface area (Å²) in [6.45, 7) is 4.12. The number of esters is 2. The number of hydrogen-bond acceptors (Lipinski definition) is 7. The van der Waals surface area contributed by atoms with Gasteiger partial charge in [0.1, 0.15) is 13.2 Å². The minimum atomic E-state index is -1.54. The molecule has 2 rings (SSSR count). The lowest BCUT2D eigenvalue weighted by Crippen LogP contribution is -2.47. The van der Waals surface area contributed by atoms with Gasteiger partial charge in [0.2, 0.25) is 11.9 Å². The van der Waals surface area contributed by atoms with Crippen molar-refractivity contribution in [2.75, 3.05) is 26.4 Å². The summed E-state index contributed by atoms with van der Waals surface area (Å²) < 4.78 is 20.5. The van der Waals surface area contributed by atoms with E-state index in [9.17, 15) is 14.4 Å². The summed E-state index contributed by atoms with van der Waals surface area (Å²) >= 11 is 6.14. The Bertz CT molecular complexity index is 729. The molecular formula is C18H20ClNO7. The van der Waals surface area contributed by atoms with E-state index < -0.39 is 23.9 Å². The van der Waals surface area contributed by atoms with Crippen LogP contribution in [0.5, 0.6) is 11.5 Å². The molecule has 27 heavy (non-hydrogen) atoms. The standard InChI is InChI=1S/C18H20ClNO7/c1-3-24-17(22)15(18(23)25-4-2)20-14(21)6-5-11-9-12(19)16-13(10-11)26-7-8-27-16/h5-6,9-10,15H,3-4,7-8H2,1-2H3,(H,20,21). The fourth-order valence-corrected chi connectivity index (χ4v) is 2.53. The maximum atomic E-state index is 12.1. The second-order valence-corrected chi connectivity index (χ2v) is 5.71. The Balaban J connectivity index is 2.09. The lowest BCUT2D eigenvalue weighted by atomic mass is 10.1. The van der Waals surface area contributed by atoms with Crippen LogP contribution in [0, 0.1) is 0 Å². The van der Waals surface area contributed by atoms with E-state index in [4.69, 9.17) is 30.5 Å². The van der Waals surface area contributed by atoms with E-state index in [1.807, 2.05) is 0 Å². The van der Waals surface area contributed by atoms with Crippen LogP contribution in [0.25, 0.3) is 6.08 Å². The number of halogens is 1. The van der Waals surface area contributed by atoms with E-state index in [1.54, 1.807) is 26.0 Å². The van der Waals surface area contributed by atoms with Crippen molar-refractivity contribution >= 4 is 35.5 Å². The Morgan fingerprint density at radius 3 is 2.41 bits per heavy atom. The lowest BCUT2D eigenvalue weighted by molar-refractivity contribution is -0.159. The van der Waals surface area contributed by atoms with Crippen LogP contribution in [0.15, 0.2) is 18.2 Å². The smallest absolute Gasteiger partial charge is 0.340 e. The molecule has 1 aromatic carbocycles. The maximum Gasteiger partial charge on any atom is 0.340 e. The number of carbonyl (C=O) groups excluding carboxylic acids is 3. The number of hydrogen-bond donors (Lipinski definition) is 1. The normalized spacial score (nSPS) is 12.7. The molecule has 0 saturated heterocycles. The van der Waals surface area contributed by atoms with Crippen molar-refractivity contribution in [1.82, 2.24) is 5.32 Å². The molecule has 1 aliphatic rings. The summed E-state index contributed by atoms with van der Waals surface area (Å²) in [5.41, 5.74) is 0.586. The molecule has 1 heterocycles. The van der Waals surface area contributed by atoms with Gasteiger partial charge in [0.25, 0.3) is 0 Å². The predicted molar refractivity (Wildman–Crippen MR) is 96.7 cm³/mol. The van der Waals surface area contributed by atoms with Crippen molar-refractivity contribution < 1.29 is 33.3 Å². The van der Waals surface area contributed by atoms with Gasteiger partial charge in [0.05, 0.1) is 18.2 Å². The first-order valence-corrected chi connectivity index (χ1v) is 8.75. The van der Waals surface area contributed by atoms with Crippen LogP contribution in [-0.4, -0.2) is 50.3 Å². The van der Waals surface area contributed by atoms with Crippen LogP contribution < -0.4 is 14.8 Å². The third-order valence-electron chi connectivity index (χ3n) is 3.38. The van der Waals surface area contributed by atoms with Gasteiger partial charge in [-0.3, -0.25) is 4.79 Å². The van der Waals surface area contributed by atoms with E-state index in [0.29, 0.717) is 35.3 Å². The summed E-state index contributed by atoms with van der Waals surface area (Å²) in [7, 11) is 0. The molecule has 1 amide bonds. The summed E-state index contributed by atoms with van der Waals surface area (Å²) in [5, 5.41) is 2.62. The summed E-state index contributed by atoms with van der Waals surface area (Å²) in [6.07, 6.45) is 2.63. The van der Waals surface area contributed by atoms with Gasteiger partial charge in [0, 0.05) is 6.08 Å². The van der Waals surface area contributed by atoms with Gasteiger partial charge in [-0.25, -0.2) is 9.59 Å². The van der Waals surface area contributed by atoms with Crippen LogP contribution in [0.4, 0.5) is 0 Å². The Morgan fingerprint density at radius 1 is 1.15 bits per heavy atom. The van der Waals surface area contributed by atoms with Crippen LogP contribution in [0.1, 0.15) is 19.4 Å². The quantitative estimate of drug-likeness (QED) is 0.425. The van der Waals surface area contributed by atoms with Gasteiger partial charge < -0.3 is 24.3 Å². The molecule has 0 unspecified atom stereocenters. The Morgan fingerprint density at radius 2 is 1.78 bits per heavy atom. The lowest BCUT2D eigenvalue weighted by Gasteiger charge is -2.19. The van der Waals surface area contributed by atoms with Crippen molar-refractivity contribution in [3.63, 3.8) is 0 Å². The number of benzene rings is 1. The molecule has 8 nitrogen and oxygen atoms in total. The van der Waals surface area contributed by atoms with Crippen LogP contribution in [0.2, 0.25) is 5.02 Å². The molecule has 0 aromatic heterocycles. The van der Waals surface area contributed by atoms with Gasteiger partial charge >= 0.3 is 11.9 Å². The number of fused-ring (bicyclic) bond motifs is 1. The van der Waals surface area contributed by atoms with E-state index in [-0.39, 0.29) is 13.2 Å². The highest BCUT2D eigenvalue weighted by Crippen LogP contribution is 2.38. The first-order valence-electron chi connectivity index (χ1n) is 8.37. The van der Waals surface area contributed by atoms with Gasteiger partial charge in [0.15, 0.2) is 11.5 Å². The van der Waals surface area contributed by atoms with E-state index in [1.165, 1.54) is 6.08 Å². The monoisotopic (exact) mass is 397 g/mol. The first-order chi connectivity index (χ1) is 13.0. The van der Waals surface area contributed by atoms with Crippen molar-refractivity contribution in [1.29, 1.82) is 0 Å². The first kappa shape index (κ1) is 20.6. The molecule has 0 fully saturated rings. The van der Waals surface area contributed by atoms with E-state index >= 15 is 0 Å². The Labute approximate surface area is 161 Å². The topological polar surface area (TPSA) is 100 Å². The molecule has 1 N–H and O–H groups in total. The molecule has 0 aliphatic carbocycles. The molecule has 0 spiro atoms. The minimum Gasteiger partial charge on any atom is -0.486 e. The third-order valence-corrected chi connectivity index (χ3v) is 3.66. The second kappa shape index (κ2) is 9.82. The molecule has 0 atom stereocenters. The summed E-state index contributed by atoms with van der Waals surface area (Å²) in [6, 6.07) is 1.73. The molecule has 1 aliphatic heterocycles. The van der Waals surface area contributed by atoms with Gasteiger partial charge in [-0.15, -0.1) is 0 Å². The van der Waals surface area contributed by atoms with Crippen LogP contribution >= 0.6 is 11.6 Å². The van der Waals surface area contributed by atoms with Gasteiger partial charge in [-0.2, -0.15) is 0 Å². The zero-order chi connectivity index (χ0) is 19.8. The van der Waals surface area contributed by atoms with Gasteiger partial charge in [-0.05, 0) is 37.6 Å². The minimum absolute atomic E-state index is 0.0656. The van der Waals surface area contributed by atoms with Crippen molar-refractivity contribution in [3.8, 4) is 11.5 Å².